The number of hydrogen-bond acceptors (Lipinski definition) is 7. The minimum absolute atomic E-state index is 0. The third-order valence-corrected chi connectivity index (χ3v) is 7.37. The third-order valence-electron chi connectivity index (χ3n) is 5.96. The van der Waals surface area contributed by atoms with E-state index in [0.29, 0.717) is 12.8 Å². The first kappa shape index (κ1) is 36.0. The van der Waals surface area contributed by atoms with Crippen molar-refractivity contribution in [3.05, 3.63) is 0 Å². The molecule has 9 heteroatoms. The van der Waals surface area contributed by atoms with Crippen molar-refractivity contribution in [1.82, 2.24) is 0 Å². The molecule has 0 bridgehead atoms. The maximum Gasteiger partial charge on any atom is 1.00 e. The normalized spacial score (nSPS) is 13.1. The van der Waals surface area contributed by atoms with E-state index in [2.05, 4.69) is 13.8 Å². The molecule has 34 heavy (non-hydrogen) atoms. The number of carbonyl (C=O) groups is 2. The van der Waals surface area contributed by atoms with Gasteiger partial charge in [0.2, 0.25) is 0 Å². The van der Waals surface area contributed by atoms with Gasteiger partial charge in [-0.3, -0.25) is 9.59 Å². The average molecular weight is 515 g/mol. The maximum atomic E-state index is 12.4. The number of rotatable bonds is 22. The van der Waals surface area contributed by atoms with Crippen LogP contribution in [-0.4, -0.2) is 42.9 Å². The summed E-state index contributed by atoms with van der Waals surface area (Å²) in [5.41, 5.74) is 0. The minimum Gasteiger partial charge on any atom is -0.747 e. The van der Waals surface area contributed by atoms with E-state index in [0.717, 1.165) is 45.4 Å². The molecule has 0 N–H and O–H groups in total. The fraction of sp³-hybridized carbons (Fsp3) is 0.920. The molecule has 0 amide bonds. The van der Waals surface area contributed by atoms with Crippen molar-refractivity contribution in [2.24, 2.45) is 0 Å². The molecule has 1 unspecified atom stereocenters. The summed E-state index contributed by atoms with van der Waals surface area (Å²) >= 11 is 0. The summed E-state index contributed by atoms with van der Waals surface area (Å²) in [4.78, 5) is 24.5. The Morgan fingerprint density at radius 3 is 1.41 bits per heavy atom. The quantitative estimate of drug-likeness (QED) is 0.0945. The first-order valence-electron chi connectivity index (χ1n) is 13.0. The van der Waals surface area contributed by atoms with E-state index >= 15 is 0 Å². The predicted octanol–water partition coefficient (Wildman–Crippen LogP) is 3.05. The van der Waals surface area contributed by atoms with Gasteiger partial charge in [-0.05, 0) is 19.8 Å². The van der Waals surface area contributed by atoms with Gasteiger partial charge >= 0.3 is 41.5 Å². The van der Waals surface area contributed by atoms with Crippen LogP contribution in [0.25, 0.3) is 0 Å². The van der Waals surface area contributed by atoms with E-state index in [1.54, 1.807) is 0 Å². The monoisotopic (exact) mass is 514 g/mol. The number of hydrogen-bond donors (Lipinski definition) is 0. The molecule has 0 heterocycles. The number of ether oxygens (including phenoxy) is 2. The summed E-state index contributed by atoms with van der Waals surface area (Å²) < 4.78 is 42.9. The Kier molecular flexibility index (Phi) is 23.4. The van der Waals surface area contributed by atoms with Crippen molar-refractivity contribution in [2.75, 3.05) is 13.2 Å². The molecule has 0 saturated carbocycles. The molecule has 1 atom stereocenters. The second-order valence-corrected chi connectivity index (χ2v) is 11.0. The summed E-state index contributed by atoms with van der Waals surface area (Å²) in [6.45, 7) is 5.47. The molecule has 0 aliphatic heterocycles. The van der Waals surface area contributed by atoms with Gasteiger partial charge in [0.05, 0.1) is 19.6 Å². The van der Waals surface area contributed by atoms with E-state index in [4.69, 9.17) is 9.47 Å². The van der Waals surface area contributed by atoms with Gasteiger partial charge in [0, 0.05) is 0 Å². The number of carbonyl (C=O) groups excluding carboxylic acids is 2. The van der Waals surface area contributed by atoms with Gasteiger partial charge in [-0.25, -0.2) is 8.42 Å². The zero-order valence-corrected chi connectivity index (χ0v) is 25.0. The molecule has 0 aliphatic rings. The maximum absolute atomic E-state index is 12.4. The SMILES string of the molecule is CCCCCCCCCCOC(=O)CC(C)(C(=O)OCCCCCCCCCC)S(=O)(=O)[O-].[Na+]. The standard InChI is InChI=1S/C25H48O7S.Na/c1-4-6-8-10-12-14-16-18-20-31-23(26)22-25(3,33(28,29)30)24(27)32-21-19-17-15-13-11-9-7-5-2;/h4-22H2,1-3H3,(H,28,29,30);/q;+1/p-1. The summed E-state index contributed by atoms with van der Waals surface area (Å²) in [5, 5.41) is 0. The van der Waals surface area contributed by atoms with Crippen molar-refractivity contribution in [2.45, 2.75) is 135 Å². The third kappa shape index (κ3) is 17.3. The molecule has 0 aliphatic carbocycles. The van der Waals surface area contributed by atoms with Crippen molar-refractivity contribution in [1.29, 1.82) is 0 Å². The molecule has 0 rings (SSSR count). The van der Waals surface area contributed by atoms with Gasteiger partial charge in [0.15, 0.2) is 4.75 Å². The fourth-order valence-corrected chi connectivity index (χ4v) is 4.12. The van der Waals surface area contributed by atoms with E-state index in [-0.39, 0.29) is 42.8 Å². The molecule has 0 spiro atoms. The van der Waals surface area contributed by atoms with Crippen molar-refractivity contribution in [3.63, 3.8) is 0 Å². The van der Waals surface area contributed by atoms with Crippen LogP contribution in [-0.2, 0) is 29.2 Å². The summed E-state index contributed by atoms with van der Waals surface area (Å²) in [6, 6.07) is 0. The molecular formula is C25H47NaO7S. The summed E-state index contributed by atoms with van der Waals surface area (Å²) in [6.07, 6.45) is 16.3. The first-order valence-corrected chi connectivity index (χ1v) is 14.4. The van der Waals surface area contributed by atoms with Gasteiger partial charge in [-0.1, -0.05) is 104 Å². The van der Waals surface area contributed by atoms with Gasteiger partial charge in [-0.2, -0.15) is 0 Å². The minimum atomic E-state index is -5.09. The van der Waals surface area contributed by atoms with Crippen LogP contribution in [0.1, 0.15) is 130 Å². The van der Waals surface area contributed by atoms with Crippen molar-refractivity contribution in [3.8, 4) is 0 Å². The number of unbranched alkanes of at least 4 members (excludes halogenated alkanes) is 14. The Balaban J connectivity index is 0. The molecule has 7 nitrogen and oxygen atoms in total. The van der Waals surface area contributed by atoms with Gasteiger partial charge in [0.25, 0.3) is 0 Å². The van der Waals surface area contributed by atoms with E-state index in [9.17, 15) is 22.6 Å². The molecule has 196 valence electrons. The molecule has 0 saturated heterocycles. The van der Waals surface area contributed by atoms with Gasteiger partial charge in [-0.15, -0.1) is 0 Å². The van der Waals surface area contributed by atoms with Crippen LogP contribution >= 0.6 is 0 Å². The summed E-state index contributed by atoms with van der Waals surface area (Å²) in [7, 11) is -5.09. The van der Waals surface area contributed by atoms with E-state index in [1.807, 2.05) is 0 Å². The molecule has 0 aromatic rings. The first-order chi connectivity index (χ1) is 15.7. The van der Waals surface area contributed by atoms with Crippen LogP contribution in [0.2, 0.25) is 0 Å². The van der Waals surface area contributed by atoms with E-state index in [1.165, 1.54) is 51.4 Å². The number of esters is 2. The van der Waals surface area contributed by atoms with Crippen molar-refractivity contribution >= 4 is 22.1 Å². The Morgan fingerprint density at radius 1 is 0.676 bits per heavy atom. The Labute approximate surface area is 230 Å². The molecule has 0 aromatic heterocycles. The van der Waals surface area contributed by atoms with Crippen LogP contribution in [0.5, 0.6) is 0 Å². The Bertz CT molecular complexity index is 625. The topological polar surface area (TPSA) is 110 Å². The van der Waals surface area contributed by atoms with Gasteiger partial charge < -0.3 is 14.0 Å². The predicted molar refractivity (Wildman–Crippen MR) is 130 cm³/mol. The van der Waals surface area contributed by atoms with Crippen LogP contribution in [0.4, 0.5) is 0 Å². The molecule has 0 aromatic carbocycles. The van der Waals surface area contributed by atoms with Crippen LogP contribution in [0.3, 0.4) is 0 Å². The molecule has 0 fully saturated rings. The summed E-state index contributed by atoms with van der Waals surface area (Å²) in [5.74, 6) is -2.05. The molecule has 0 radical (unpaired) electrons. The largest absolute Gasteiger partial charge is 1.00 e. The van der Waals surface area contributed by atoms with Crippen LogP contribution < -0.4 is 29.6 Å². The Hall–Kier alpha value is -0.150. The van der Waals surface area contributed by atoms with Gasteiger partial charge in [0.1, 0.15) is 10.1 Å². The second kappa shape index (κ2) is 22.1. The average Bonchev–Trinajstić information content (AvgIpc) is 2.75. The fourth-order valence-electron chi connectivity index (χ4n) is 3.56. The Morgan fingerprint density at radius 2 is 1.03 bits per heavy atom. The second-order valence-electron chi connectivity index (χ2n) is 9.17. The smallest absolute Gasteiger partial charge is 0.747 e. The molecular weight excluding hydrogens is 467 g/mol. The van der Waals surface area contributed by atoms with Crippen LogP contribution in [0.15, 0.2) is 0 Å². The zero-order chi connectivity index (χ0) is 25.0. The van der Waals surface area contributed by atoms with Crippen molar-refractivity contribution < 1.29 is 61.6 Å². The van der Waals surface area contributed by atoms with E-state index < -0.39 is 33.2 Å². The van der Waals surface area contributed by atoms with Crippen LogP contribution in [0, 0.1) is 0 Å². The zero-order valence-electron chi connectivity index (χ0n) is 22.2.